The maximum absolute atomic E-state index is 13.4. The molecular weight excluding hydrogens is 446 g/mol. The monoisotopic (exact) mass is 473 g/mol. The van der Waals surface area contributed by atoms with Crippen molar-refractivity contribution >= 4 is 34.7 Å². The van der Waals surface area contributed by atoms with Crippen LogP contribution in [0.15, 0.2) is 72.3 Å². The van der Waals surface area contributed by atoms with Gasteiger partial charge in [0.15, 0.2) is 0 Å². The van der Waals surface area contributed by atoms with Crippen LogP contribution in [0.4, 0.5) is 5.69 Å². The number of ketones is 1. The zero-order valence-corrected chi connectivity index (χ0v) is 20.8. The summed E-state index contributed by atoms with van der Waals surface area (Å²) in [6, 6.07) is 19.6. The van der Waals surface area contributed by atoms with Gasteiger partial charge >= 0.3 is 0 Å². The van der Waals surface area contributed by atoms with E-state index in [1.165, 1.54) is 4.90 Å². The Kier molecular flexibility index (Phi) is 6.13. The highest BCUT2D eigenvalue weighted by atomic mass is 35.5. The third kappa shape index (κ3) is 4.14. The van der Waals surface area contributed by atoms with Crippen molar-refractivity contribution in [1.29, 1.82) is 0 Å². The SMILES string of the molecule is Cc1ccc(C(C)(C)C)cc1/C(O)=C1\C(=O)C(=O)N(c2cc(Cl)ccc2C)C1c1ccccc1. The maximum atomic E-state index is 13.4. The second kappa shape index (κ2) is 8.77. The van der Waals surface area contributed by atoms with Gasteiger partial charge in [-0.3, -0.25) is 14.5 Å². The summed E-state index contributed by atoms with van der Waals surface area (Å²) in [4.78, 5) is 28.3. The van der Waals surface area contributed by atoms with Crippen molar-refractivity contribution in [3.05, 3.63) is 105 Å². The molecule has 5 heteroatoms. The Morgan fingerprint density at radius 1 is 0.912 bits per heavy atom. The summed E-state index contributed by atoms with van der Waals surface area (Å²) in [6.45, 7) is 10.0. The number of halogens is 1. The second-order valence-electron chi connectivity index (χ2n) is 9.79. The van der Waals surface area contributed by atoms with Crippen LogP contribution in [0, 0.1) is 13.8 Å². The molecular formula is C29H28ClNO3. The predicted molar refractivity (Wildman–Crippen MR) is 137 cm³/mol. The minimum Gasteiger partial charge on any atom is -0.507 e. The van der Waals surface area contributed by atoms with Gasteiger partial charge in [-0.25, -0.2) is 0 Å². The lowest BCUT2D eigenvalue weighted by Crippen LogP contribution is -2.30. The molecule has 0 aliphatic carbocycles. The van der Waals surface area contributed by atoms with Crippen LogP contribution in [-0.4, -0.2) is 16.8 Å². The van der Waals surface area contributed by atoms with E-state index < -0.39 is 17.7 Å². The van der Waals surface area contributed by atoms with E-state index in [9.17, 15) is 14.7 Å². The molecule has 1 heterocycles. The molecule has 4 rings (SSSR count). The summed E-state index contributed by atoms with van der Waals surface area (Å²) in [5, 5.41) is 12.0. The normalized spacial score (nSPS) is 17.9. The van der Waals surface area contributed by atoms with Gasteiger partial charge in [0.05, 0.1) is 11.6 Å². The Morgan fingerprint density at radius 2 is 1.56 bits per heavy atom. The first-order valence-corrected chi connectivity index (χ1v) is 11.6. The first-order chi connectivity index (χ1) is 16.0. The van der Waals surface area contributed by atoms with E-state index in [1.54, 1.807) is 12.1 Å². The second-order valence-corrected chi connectivity index (χ2v) is 10.2. The van der Waals surface area contributed by atoms with E-state index in [1.807, 2.05) is 68.4 Å². The average Bonchev–Trinajstić information content (AvgIpc) is 3.05. The Bertz CT molecular complexity index is 1320. The number of benzene rings is 3. The number of aliphatic hydroxyl groups is 1. The average molecular weight is 474 g/mol. The summed E-state index contributed by atoms with van der Waals surface area (Å²) in [7, 11) is 0. The van der Waals surface area contributed by atoms with Crippen LogP contribution in [-0.2, 0) is 15.0 Å². The summed E-state index contributed by atoms with van der Waals surface area (Å²) < 4.78 is 0. The number of rotatable bonds is 3. The Labute approximate surface area is 205 Å². The Hall–Kier alpha value is -3.37. The van der Waals surface area contributed by atoms with Gasteiger partial charge in [-0.1, -0.05) is 80.9 Å². The fourth-order valence-electron chi connectivity index (χ4n) is 4.36. The standard InChI is InChI=1S/C29H28ClNO3/c1-17-11-13-20(29(3,4)5)15-22(17)26(32)24-25(19-9-7-6-8-10-19)31(28(34)27(24)33)23-16-21(30)14-12-18(23)2/h6-16,25,32H,1-5H3/b26-24+. The molecule has 0 saturated carbocycles. The van der Waals surface area contributed by atoms with Gasteiger partial charge in [-0.2, -0.15) is 0 Å². The van der Waals surface area contributed by atoms with Crippen LogP contribution in [0.1, 0.15) is 54.6 Å². The Morgan fingerprint density at radius 3 is 2.21 bits per heavy atom. The highest BCUT2D eigenvalue weighted by Crippen LogP contribution is 2.44. The first kappa shape index (κ1) is 23.8. The van der Waals surface area contributed by atoms with E-state index in [-0.39, 0.29) is 16.7 Å². The lowest BCUT2D eigenvalue weighted by molar-refractivity contribution is -0.132. The number of Topliss-reactive ketones (excluding diaryl/α,β-unsaturated/α-hetero) is 1. The summed E-state index contributed by atoms with van der Waals surface area (Å²) in [5.41, 5.74) is 4.40. The van der Waals surface area contributed by atoms with E-state index in [0.29, 0.717) is 16.3 Å². The zero-order valence-electron chi connectivity index (χ0n) is 20.0. The van der Waals surface area contributed by atoms with Gasteiger partial charge in [-0.15, -0.1) is 0 Å². The van der Waals surface area contributed by atoms with Crippen LogP contribution < -0.4 is 4.90 Å². The van der Waals surface area contributed by atoms with E-state index >= 15 is 0 Å². The first-order valence-electron chi connectivity index (χ1n) is 11.2. The Balaban J connectivity index is 2.00. The van der Waals surface area contributed by atoms with Crippen molar-refractivity contribution in [3.63, 3.8) is 0 Å². The van der Waals surface area contributed by atoms with E-state index in [2.05, 4.69) is 20.8 Å². The number of aryl methyl sites for hydroxylation is 2. The maximum Gasteiger partial charge on any atom is 0.300 e. The molecule has 0 spiro atoms. The number of carbonyl (C=O) groups excluding carboxylic acids is 2. The van der Waals surface area contributed by atoms with Crippen LogP contribution in [0.5, 0.6) is 0 Å². The molecule has 0 bridgehead atoms. The van der Waals surface area contributed by atoms with Crippen molar-refractivity contribution < 1.29 is 14.7 Å². The number of nitrogens with zero attached hydrogens (tertiary/aromatic N) is 1. The topological polar surface area (TPSA) is 57.6 Å². The van der Waals surface area contributed by atoms with E-state index in [0.717, 1.165) is 22.3 Å². The molecule has 1 N–H and O–H groups in total. The largest absolute Gasteiger partial charge is 0.507 e. The molecule has 1 unspecified atom stereocenters. The van der Waals surface area contributed by atoms with Gasteiger partial charge in [0.2, 0.25) is 0 Å². The van der Waals surface area contributed by atoms with Crippen LogP contribution in [0.2, 0.25) is 5.02 Å². The fraction of sp³-hybridized carbons (Fsp3) is 0.241. The summed E-state index contributed by atoms with van der Waals surface area (Å²) in [5.74, 6) is -1.57. The molecule has 3 aromatic carbocycles. The smallest absolute Gasteiger partial charge is 0.300 e. The zero-order chi connectivity index (χ0) is 24.8. The van der Waals surface area contributed by atoms with Crippen molar-refractivity contribution in [2.75, 3.05) is 4.90 Å². The van der Waals surface area contributed by atoms with Crippen LogP contribution in [0.3, 0.4) is 0 Å². The van der Waals surface area contributed by atoms with Gasteiger partial charge < -0.3 is 5.11 Å². The van der Waals surface area contributed by atoms with Crippen molar-refractivity contribution in [3.8, 4) is 0 Å². The minimum atomic E-state index is -0.781. The molecule has 1 amide bonds. The molecule has 1 aliphatic rings. The van der Waals surface area contributed by atoms with Gasteiger partial charge in [0, 0.05) is 16.3 Å². The molecule has 1 aliphatic heterocycles. The number of amides is 1. The van der Waals surface area contributed by atoms with Crippen molar-refractivity contribution in [2.24, 2.45) is 0 Å². The van der Waals surface area contributed by atoms with Crippen molar-refractivity contribution in [2.45, 2.75) is 46.1 Å². The van der Waals surface area contributed by atoms with Crippen LogP contribution in [0.25, 0.3) is 5.76 Å². The number of hydrogen-bond acceptors (Lipinski definition) is 3. The molecule has 1 saturated heterocycles. The number of carbonyl (C=O) groups is 2. The third-order valence-electron chi connectivity index (χ3n) is 6.35. The fourth-order valence-corrected chi connectivity index (χ4v) is 4.53. The molecule has 1 fully saturated rings. The quantitative estimate of drug-likeness (QED) is 0.256. The number of hydrogen-bond donors (Lipinski definition) is 1. The van der Waals surface area contributed by atoms with E-state index in [4.69, 9.17) is 11.6 Å². The van der Waals surface area contributed by atoms with Crippen molar-refractivity contribution in [1.82, 2.24) is 0 Å². The highest BCUT2D eigenvalue weighted by Gasteiger charge is 2.47. The predicted octanol–water partition coefficient (Wildman–Crippen LogP) is 6.88. The molecule has 4 nitrogen and oxygen atoms in total. The minimum absolute atomic E-state index is 0.0738. The molecule has 174 valence electrons. The molecule has 0 radical (unpaired) electrons. The van der Waals surface area contributed by atoms with Gasteiger partial charge in [0.25, 0.3) is 11.7 Å². The molecule has 3 aromatic rings. The lowest BCUT2D eigenvalue weighted by atomic mass is 9.84. The third-order valence-corrected chi connectivity index (χ3v) is 6.58. The molecule has 1 atom stereocenters. The van der Waals surface area contributed by atoms with Gasteiger partial charge in [-0.05, 0) is 59.7 Å². The lowest BCUT2D eigenvalue weighted by Gasteiger charge is -2.27. The summed E-state index contributed by atoms with van der Waals surface area (Å²) in [6.07, 6.45) is 0. The highest BCUT2D eigenvalue weighted by molar-refractivity contribution is 6.52. The van der Waals surface area contributed by atoms with Crippen LogP contribution >= 0.6 is 11.6 Å². The van der Waals surface area contributed by atoms with Gasteiger partial charge in [0.1, 0.15) is 5.76 Å². The molecule has 34 heavy (non-hydrogen) atoms. The summed E-state index contributed by atoms with van der Waals surface area (Å²) >= 11 is 6.26. The molecule has 0 aromatic heterocycles. The number of anilines is 1. The number of aliphatic hydroxyl groups excluding tert-OH is 1.